The Morgan fingerprint density at radius 1 is 1.15 bits per heavy atom. The van der Waals surface area contributed by atoms with E-state index in [2.05, 4.69) is 47.0 Å². The van der Waals surface area contributed by atoms with Gasteiger partial charge >= 0.3 is 0 Å². The summed E-state index contributed by atoms with van der Waals surface area (Å²) in [6.45, 7) is 9.78. The molecule has 1 aromatic rings. The summed E-state index contributed by atoms with van der Waals surface area (Å²) in [7, 11) is 0. The molecule has 26 heavy (non-hydrogen) atoms. The molecular weight excluding hydrogens is 324 g/mol. The van der Waals surface area contributed by atoms with Gasteiger partial charge in [-0.05, 0) is 43.2 Å². The second-order valence-corrected chi connectivity index (χ2v) is 8.22. The quantitative estimate of drug-likeness (QED) is 0.655. The number of rotatable bonds is 7. The Morgan fingerprint density at radius 2 is 1.88 bits per heavy atom. The number of piperidine rings is 1. The van der Waals surface area contributed by atoms with Gasteiger partial charge < -0.3 is 10.2 Å². The van der Waals surface area contributed by atoms with Gasteiger partial charge in [0.2, 0.25) is 5.91 Å². The minimum atomic E-state index is -0.0545. The van der Waals surface area contributed by atoms with Crippen LogP contribution in [0.2, 0.25) is 0 Å². The molecule has 4 atom stereocenters. The van der Waals surface area contributed by atoms with E-state index in [-0.39, 0.29) is 17.9 Å². The van der Waals surface area contributed by atoms with Crippen molar-refractivity contribution in [1.82, 2.24) is 21.1 Å². The minimum Gasteiger partial charge on any atom is -0.356 e. The van der Waals surface area contributed by atoms with Crippen LogP contribution in [-0.4, -0.2) is 43.5 Å². The largest absolute Gasteiger partial charge is 0.356 e. The first-order valence-electron chi connectivity index (χ1n) is 10.2. The normalized spacial score (nSPS) is 29.6. The molecule has 2 heterocycles. The fraction of sp³-hybridized carbons (Fsp3) is 0.667. The first-order chi connectivity index (χ1) is 12.6. The summed E-state index contributed by atoms with van der Waals surface area (Å²) in [6.07, 6.45) is 3.57. The molecule has 5 nitrogen and oxygen atoms in total. The summed E-state index contributed by atoms with van der Waals surface area (Å²) in [6, 6.07) is 10.2. The fourth-order valence-electron chi connectivity index (χ4n) is 4.50. The third kappa shape index (κ3) is 5.29. The molecule has 2 aliphatic heterocycles. The SMILES string of the molecule is CC1CC(C)CN(CCCCNC(=O)C2CNNC2c2ccccc2)C1. The van der Waals surface area contributed by atoms with Crippen LogP contribution in [0.5, 0.6) is 0 Å². The molecule has 3 N–H and O–H groups in total. The van der Waals surface area contributed by atoms with E-state index in [1.807, 2.05) is 18.2 Å². The average Bonchev–Trinajstić information content (AvgIpc) is 3.11. The topological polar surface area (TPSA) is 56.4 Å². The number of hydrogen-bond donors (Lipinski definition) is 3. The number of amides is 1. The van der Waals surface area contributed by atoms with Crippen LogP contribution >= 0.6 is 0 Å². The van der Waals surface area contributed by atoms with E-state index >= 15 is 0 Å². The molecule has 0 bridgehead atoms. The van der Waals surface area contributed by atoms with Crippen LogP contribution in [0.1, 0.15) is 44.7 Å². The lowest BCUT2D eigenvalue weighted by Crippen LogP contribution is -2.39. The van der Waals surface area contributed by atoms with Crippen LogP contribution in [0.3, 0.4) is 0 Å². The molecule has 0 radical (unpaired) electrons. The molecule has 2 fully saturated rings. The average molecular weight is 359 g/mol. The van der Waals surface area contributed by atoms with Crippen LogP contribution in [0, 0.1) is 17.8 Å². The van der Waals surface area contributed by atoms with E-state index in [1.54, 1.807) is 0 Å². The molecule has 1 aromatic carbocycles. The Morgan fingerprint density at radius 3 is 2.62 bits per heavy atom. The maximum Gasteiger partial charge on any atom is 0.226 e. The van der Waals surface area contributed by atoms with Crippen LogP contribution in [0.4, 0.5) is 0 Å². The Bertz CT molecular complexity index is 554. The molecule has 5 heteroatoms. The van der Waals surface area contributed by atoms with Gasteiger partial charge in [0.1, 0.15) is 0 Å². The fourth-order valence-corrected chi connectivity index (χ4v) is 4.50. The number of nitrogens with zero attached hydrogens (tertiary/aromatic N) is 1. The number of likely N-dealkylation sites (tertiary alicyclic amines) is 1. The second-order valence-electron chi connectivity index (χ2n) is 8.22. The highest BCUT2D eigenvalue weighted by molar-refractivity contribution is 5.80. The molecule has 0 aromatic heterocycles. The summed E-state index contributed by atoms with van der Waals surface area (Å²) in [5, 5.41) is 3.14. The second kappa shape index (κ2) is 9.49. The lowest BCUT2D eigenvalue weighted by molar-refractivity contribution is -0.124. The molecular formula is C21H34N4O. The summed E-state index contributed by atoms with van der Waals surface area (Å²) >= 11 is 0. The predicted molar refractivity (Wildman–Crippen MR) is 105 cm³/mol. The van der Waals surface area contributed by atoms with Crippen molar-refractivity contribution in [3.8, 4) is 0 Å². The summed E-state index contributed by atoms with van der Waals surface area (Å²) in [4.78, 5) is 15.2. The number of hydrazine groups is 1. The Kier molecular flexibility index (Phi) is 7.06. The smallest absolute Gasteiger partial charge is 0.226 e. The molecule has 3 rings (SSSR count). The van der Waals surface area contributed by atoms with Crippen LogP contribution in [-0.2, 0) is 4.79 Å². The number of hydrogen-bond acceptors (Lipinski definition) is 4. The van der Waals surface area contributed by atoms with Gasteiger partial charge in [-0.25, -0.2) is 5.43 Å². The number of carbonyl (C=O) groups is 1. The lowest BCUT2D eigenvalue weighted by Gasteiger charge is -2.34. The Labute approximate surface area is 157 Å². The molecule has 2 aliphatic rings. The van der Waals surface area contributed by atoms with Gasteiger partial charge in [0.15, 0.2) is 0 Å². The van der Waals surface area contributed by atoms with Crippen molar-refractivity contribution < 1.29 is 4.79 Å². The third-order valence-corrected chi connectivity index (χ3v) is 5.62. The van der Waals surface area contributed by atoms with Crippen molar-refractivity contribution >= 4 is 5.91 Å². The lowest BCUT2D eigenvalue weighted by atomic mass is 9.92. The van der Waals surface area contributed by atoms with Gasteiger partial charge in [0, 0.05) is 26.2 Å². The van der Waals surface area contributed by atoms with Crippen molar-refractivity contribution in [3.05, 3.63) is 35.9 Å². The van der Waals surface area contributed by atoms with Crippen LogP contribution in [0.15, 0.2) is 30.3 Å². The predicted octanol–water partition coefficient (Wildman–Crippen LogP) is 2.33. The molecule has 0 aliphatic carbocycles. The molecule has 2 saturated heterocycles. The van der Waals surface area contributed by atoms with E-state index in [0.717, 1.165) is 43.3 Å². The minimum absolute atomic E-state index is 0.0486. The van der Waals surface area contributed by atoms with E-state index in [0.29, 0.717) is 6.54 Å². The van der Waals surface area contributed by atoms with Crippen molar-refractivity contribution in [2.45, 2.75) is 39.2 Å². The first kappa shape index (κ1) is 19.3. The summed E-state index contributed by atoms with van der Waals surface area (Å²) < 4.78 is 0. The van der Waals surface area contributed by atoms with Crippen molar-refractivity contribution in [3.63, 3.8) is 0 Å². The number of carbonyl (C=O) groups excluding carboxylic acids is 1. The number of nitrogens with one attached hydrogen (secondary N) is 3. The maximum atomic E-state index is 12.6. The van der Waals surface area contributed by atoms with Gasteiger partial charge in [-0.1, -0.05) is 44.2 Å². The van der Waals surface area contributed by atoms with Crippen LogP contribution in [0.25, 0.3) is 0 Å². The molecule has 0 spiro atoms. The highest BCUT2D eigenvalue weighted by Gasteiger charge is 2.33. The Hall–Kier alpha value is -1.43. The van der Waals surface area contributed by atoms with E-state index in [9.17, 15) is 4.79 Å². The van der Waals surface area contributed by atoms with Gasteiger partial charge in [-0.15, -0.1) is 0 Å². The molecule has 1 amide bonds. The molecule has 0 saturated carbocycles. The summed E-state index contributed by atoms with van der Waals surface area (Å²) in [5.74, 6) is 1.73. The van der Waals surface area contributed by atoms with E-state index < -0.39 is 0 Å². The van der Waals surface area contributed by atoms with Gasteiger partial charge in [0.25, 0.3) is 0 Å². The van der Waals surface area contributed by atoms with Crippen molar-refractivity contribution in [1.29, 1.82) is 0 Å². The van der Waals surface area contributed by atoms with E-state index in [1.165, 1.54) is 19.5 Å². The van der Waals surface area contributed by atoms with Crippen molar-refractivity contribution in [2.75, 3.05) is 32.7 Å². The maximum absolute atomic E-state index is 12.6. The zero-order valence-corrected chi connectivity index (χ0v) is 16.2. The first-order valence-corrected chi connectivity index (χ1v) is 10.2. The molecule has 144 valence electrons. The van der Waals surface area contributed by atoms with Crippen molar-refractivity contribution in [2.24, 2.45) is 17.8 Å². The number of unbranched alkanes of at least 4 members (excludes halogenated alkanes) is 1. The zero-order valence-electron chi connectivity index (χ0n) is 16.2. The zero-order chi connectivity index (χ0) is 18.4. The van der Waals surface area contributed by atoms with E-state index in [4.69, 9.17) is 0 Å². The highest BCUT2D eigenvalue weighted by atomic mass is 16.2. The molecule has 4 unspecified atom stereocenters. The summed E-state index contributed by atoms with van der Waals surface area (Å²) in [5.41, 5.74) is 7.53. The van der Waals surface area contributed by atoms with Gasteiger partial charge in [-0.2, -0.15) is 0 Å². The standard InChI is InChI=1S/C21H34N4O/c1-16-12-17(2)15-25(14-16)11-7-6-10-22-21(26)19-13-23-24-20(19)18-8-4-3-5-9-18/h3-5,8-9,16-17,19-20,23-24H,6-7,10-15H2,1-2H3,(H,22,26). The van der Waals surface area contributed by atoms with Crippen LogP contribution < -0.4 is 16.2 Å². The Balaban J connectivity index is 1.36. The third-order valence-electron chi connectivity index (χ3n) is 5.62. The van der Waals surface area contributed by atoms with Gasteiger partial charge in [-0.3, -0.25) is 10.2 Å². The number of benzene rings is 1. The monoisotopic (exact) mass is 358 g/mol. The highest BCUT2D eigenvalue weighted by Crippen LogP contribution is 2.24. The van der Waals surface area contributed by atoms with Gasteiger partial charge in [0.05, 0.1) is 12.0 Å².